The number of likely N-dealkylation sites (tertiary alicyclic amines) is 2. The highest BCUT2D eigenvalue weighted by molar-refractivity contribution is 6.06. The maximum Gasteiger partial charge on any atom is 0.407 e. The molecule has 2 aliphatic rings. The molecule has 5 heterocycles. The van der Waals surface area contributed by atoms with E-state index < -0.39 is 35.1 Å². The molecule has 2 aromatic carbocycles. The second-order valence-electron chi connectivity index (χ2n) is 17.0. The number of carbonyl (C=O) groups is 4. The first-order valence-corrected chi connectivity index (χ1v) is 19.0. The van der Waals surface area contributed by atoms with Crippen LogP contribution in [-0.4, -0.2) is 91.1 Å². The van der Waals surface area contributed by atoms with Crippen molar-refractivity contribution in [2.75, 3.05) is 20.2 Å². The van der Waals surface area contributed by atoms with Crippen molar-refractivity contribution in [3.05, 3.63) is 60.4 Å². The second kappa shape index (κ2) is 14.7. The molecule has 0 saturated carbocycles. The van der Waals surface area contributed by atoms with Crippen molar-refractivity contribution in [2.24, 2.45) is 10.8 Å². The van der Waals surface area contributed by atoms with Crippen molar-refractivity contribution < 1.29 is 33.4 Å². The number of alkyl carbamates (subject to hydrolysis) is 1. The minimum absolute atomic E-state index is 0.173. The lowest BCUT2D eigenvalue weighted by Crippen LogP contribution is -2.54. The number of nitrogens with zero attached hydrogens (tertiary/aromatic N) is 4. The van der Waals surface area contributed by atoms with Gasteiger partial charge in [0.05, 0.1) is 43.0 Å². The minimum atomic E-state index is -1.23. The van der Waals surface area contributed by atoms with Crippen molar-refractivity contribution in [1.82, 2.24) is 40.4 Å². The van der Waals surface area contributed by atoms with E-state index in [2.05, 4.69) is 25.6 Å². The van der Waals surface area contributed by atoms with Gasteiger partial charge in [-0.05, 0) is 60.8 Å². The van der Waals surface area contributed by atoms with Crippen molar-refractivity contribution in [1.29, 1.82) is 0 Å². The number of furan rings is 1. The average Bonchev–Trinajstić information content (AvgIpc) is 3.99. The Labute approximate surface area is 324 Å². The topological polar surface area (TPSA) is 199 Å². The van der Waals surface area contributed by atoms with E-state index in [0.29, 0.717) is 42.3 Å². The van der Waals surface area contributed by atoms with E-state index in [1.165, 1.54) is 7.11 Å². The van der Waals surface area contributed by atoms with Crippen LogP contribution in [0.4, 0.5) is 9.59 Å². The molecule has 2 aliphatic heterocycles. The van der Waals surface area contributed by atoms with Crippen molar-refractivity contribution >= 4 is 45.9 Å². The molecule has 15 heteroatoms. The Balaban J connectivity index is 1.10. The molecule has 0 spiro atoms. The summed E-state index contributed by atoms with van der Waals surface area (Å²) in [5.41, 5.74) is 3.59. The van der Waals surface area contributed by atoms with Gasteiger partial charge in [0.1, 0.15) is 34.9 Å². The van der Waals surface area contributed by atoms with E-state index in [4.69, 9.17) is 14.1 Å². The summed E-state index contributed by atoms with van der Waals surface area (Å²) < 4.78 is 11.2. The Hall–Kier alpha value is -5.86. The fraction of sp³-hybridized carbons (Fsp3) is 0.463. The number of hydrogen-bond donors (Lipinski definition) is 5. The van der Waals surface area contributed by atoms with Crippen LogP contribution in [0.1, 0.15) is 91.0 Å². The quantitative estimate of drug-likeness (QED) is 0.109. The molecule has 15 nitrogen and oxygen atoms in total. The fourth-order valence-corrected chi connectivity index (χ4v) is 7.98. The molecule has 5 aromatic rings. The maximum absolute atomic E-state index is 13.8. The van der Waals surface area contributed by atoms with Crippen molar-refractivity contribution in [3.63, 3.8) is 0 Å². The summed E-state index contributed by atoms with van der Waals surface area (Å²) in [7, 11) is 1.28. The molecule has 296 valence electrons. The normalized spacial score (nSPS) is 18.7. The first kappa shape index (κ1) is 38.4. The number of amides is 4. The number of imidazole rings is 2. The van der Waals surface area contributed by atoms with Gasteiger partial charge in [-0.3, -0.25) is 9.59 Å². The van der Waals surface area contributed by atoms with Crippen LogP contribution in [0.25, 0.3) is 44.5 Å². The van der Waals surface area contributed by atoms with Gasteiger partial charge in [-0.1, -0.05) is 53.7 Å². The molecular formula is C41H50N8O7. The van der Waals surface area contributed by atoms with Crippen molar-refractivity contribution in [2.45, 2.75) is 91.4 Å². The molecule has 0 bridgehead atoms. The third kappa shape index (κ3) is 7.41. The van der Waals surface area contributed by atoms with Crippen LogP contribution < -0.4 is 10.6 Å². The summed E-state index contributed by atoms with van der Waals surface area (Å²) in [6.07, 6.45) is 4.71. The highest BCUT2D eigenvalue weighted by Gasteiger charge is 2.42. The largest absolute Gasteiger partial charge is 0.465 e. The number of carbonyl (C=O) groups excluding carboxylic acids is 3. The molecule has 2 saturated heterocycles. The molecule has 0 radical (unpaired) electrons. The lowest BCUT2D eigenvalue weighted by molar-refractivity contribution is -0.137. The highest BCUT2D eigenvalue weighted by atomic mass is 16.5. The predicted octanol–water partition coefficient (Wildman–Crippen LogP) is 7.15. The van der Waals surface area contributed by atoms with Gasteiger partial charge >= 0.3 is 12.2 Å². The first-order chi connectivity index (χ1) is 26.5. The van der Waals surface area contributed by atoms with Crippen LogP contribution in [0, 0.1) is 10.8 Å². The average molecular weight is 767 g/mol. The SMILES string of the molecule is COC(=O)N[C@H](C(=O)N1CCCC1c1ncc(-c2ccc3c(c2)oc2cc(-c4cnc([C@@H]5CCCN5C(=O)[C@@H](NC(=O)O)C(C)(C)C)[nH]4)ccc23)[nH]1)C(C)(C)C. The summed E-state index contributed by atoms with van der Waals surface area (Å²) in [4.78, 5) is 70.8. The van der Waals surface area contributed by atoms with Gasteiger partial charge < -0.3 is 44.7 Å². The number of rotatable bonds is 8. The highest BCUT2D eigenvalue weighted by Crippen LogP contribution is 2.38. The zero-order valence-corrected chi connectivity index (χ0v) is 32.9. The monoisotopic (exact) mass is 766 g/mol. The summed E-state index contributed by atoms with van der Waals surface area (Å²) in [6.45, 7) is 12.3. The van der Waals surface area contributed by atoms with E-state index >= 15 is 0 Å². The second-order valence-corrected chi connectivity index (χ2v) is 17.0. The number of nitrogens with one attached hydrogen (secondary N) is 4. The molecule has 5 N–H and O–H groups in total. The van der Waals surface area contributed by atoms with E-state index in [9.17, 15) is 24.3 Å². The molecule has 4 amide bonds. The summed E-state index contributed by atoms with van der Waals surface area (Å²) in [6, 6.07) is 9.80. The van der Waals surface area contributed by atoms with Gasteiger partial charge in [-0.15, -0.1) is 0 Å². The zero-order valence-electron chi connectivity index (χ0n) is 32.9. The first-order valence-electron chi connectivity index (χ1n) is 19.0. The molecule has 1 unspecified atom stereocenters. The summed E-state index contributed by atoms with van der Waals surface area (Å²) in [5, 5.41) is 16.5. The Kier molecular flexibility index (Phi) is 10.1. The zero-order chi connectivity index (χ0) is 40.1. The van der Waals surface area contributed by atoms with E-state index in [-0.39, 0.29) is 23.9 Å². The van der Waals surface area contributed by atoms with E-state index in [1.807, 2.05) is 77.9 Å². The standard InChI is InChI=1S/C41H50N8O7/c1-40(2,3)32(46-38(52)53)36(50)48-16-8-10-28(48)34-42-20-26(44-34)22-12-14-24-25-15-13-23(19-31(25)56-30(24)18-22)27-21-43-35(45-27)29-11-9-17-49(29)37(51)33(41(4,5)6)47-39(54)55-7/h12-15,18-21,28-29,32-33,46H,8-11,16-17H2,1-7H3,(H,42,44)(H,43,45)(H,47,54)(H,52,53)/t28-,29?,32+,33+/m0/s1. The van der Waals surface area contributed by atoms with Gasteiger partial charge in [-0.2, -0.15) is 0 Å². The third-order valence-electron chi connectivity index (χ3n) is 10.9. The number of H-pyrrole nitrogens is 2. The Morgan fingerprint density at radius 3 is 1.62 bits per heavy atom. The molecular weight excluding hydrogens is 716 g/mol. The molecule has 4 atom stereocenters. The van der Waals surface area contributed by atoms with Crippen LogP contribution in [0.5, 0.6) is 0 Å². The number of methoxy groups -OCH3 is 1. The summed E-state index contributed by atoms with van der Waals surface area (Å²) in [5.74, 6) is 0.901. The van der Waals surface area contributed by atoms with Crippen LogP contribution in [0.15, 0.2) is 53.2 Å². The van der Waals surface area contributed by atoms with Crippen LogP contribution >= 0.6 is 0 Å². The lowest BCUT2D eigenvalue weighted by Gasteiger charge is -2.35. The van der Waals surface area contributed by atoms with Gasteiger partial charge in [-0.25, -0.2) is 19.6 Å². The number of carboxylic acid groups (broad SMARTS) is 1. The smallest absolute Gasteiger partial charge is 0.407 e. The Bertz CT molecular complexity index is 2290. The van der Waals surface area contributed by atoms with Crippen LogP contribution in [0.2, 0.25) is 0 Å². The molecule has 56 heavy (non-hydrogen) atoms. The van der Waals surface area contributed by atoms with Gasteiger partial charge in [0.2, 0.25) is 11.8 Å². The molecule has 0 aliphatic carbocycles. The summed E-state index contributed by atoms with van der Waals surface area (Å²) >= 11 is 0. The number of ether oxygens (including phenoxy) is 1. The van der Waals surface area contributed by atoms with E-state index in [0.717, 1.165) is 52.5 Å². The minimum Gasteiger partial charge on any atom is -0.465 e. The predicted molar refractivity (Wildman–Crippen MR) is 209 cm³/mol. The van der Waals surface area contributed by atoms with Gasteiger partial charge in [0, 0.05) is 35.0 Å². The number of fused-ring (bicyclic) bond motifs is 3. The fourth-order valence-electron chi connectivity index (χ4n) is 7.98. The van der Waals surface area contributed by atoms with Gasteiger partial charge in [0.15, 0.2) is 0 Å². The molecule has 7 rings (SSSR count). The number of aromatic amines is 2. The van der Waals surface area contributed by atoms with E-state index in [1.54, 1.807) is 22.2 Å². The van der Waals surface area contributed by atoms with Crippen LogP contribution in [-0.2, 0) is 14.3 Å². The molecule has 3 aromatic heterocycles. The molecule has 2 fully saturated rings. The number of hydrogen-bond acceptors (Lipinski definition) is 8. The number of benzene rings is 2. The van der Waals surface area contributed by atoms with Gasteiger partial charge in [0.25, 0.3) is 0 Å². The van der Waals surface area contributed by atoms with Crippen molar-refractivity contribution in [3.8, 4) is 22.5 Å². The Morgan fingerprint density at radius 2 is 1.21 bits per heavy atom. The maximum atomic E-state index is 13.8. The third-order valence-corrected chi connectivity index (χ3v) is 10.9. The lowest BCUT2D eigenvalue weighted by atomic mass is 9.85. The Morgan fingerprint density at radius 1 is 0.768 bits per heavy atom. The van der Waals surface area contributed by atoms with Crippen LogP contribution in [0.3, 0.4) is 0 Å². The number of aromatic nitrogens is 4.